The van der Waals surface area contributed by atoms with Gasteiger partial charge in [-0.05, 0) is 24.1 Å². The van der Waals surface area contributed by atoms with Crippen molar-refractivity contribution >= 4 is 15.9 Å². The van der Waals surface area contributed by atoms with E-state index in [1.807, 2.05) is 10.9 Å². The highest BCUT2D eigenvalue weighted by molar-refractivity contribution is 9.10. The molecule has 1 aliphatic rings. The fourth-order valence-electron chi connectivity index (χ4n) is 2.13. The van der Waals surface area contributed by atoms with Crippen LogP contribution in [0, 0.1) is 0 Å². The Labute approximate surface area is 108 Å². The number of fused-ring (bicyclic) bond motifs is 1. The number of halogens is 1. The van der Waals surface area contributed by atoms with Crippen molar-refractivity contribution in [2.45, 2.75) is 25.6 Å². The number of hydrogen-bond acceptors (Lipinski definition) is 3. The molecule has 0 amide bonds. The van der Waals surface area contributed by atoms with Crippen LogP contribution in [-0.2, 0) is 19.5 Å². The third-order valence-corrected chi connectivity index (χ3v) is 3.59. The Morgan fingerprint density at radius 2 is 2.18 bits per heavy atom. The zero-order valence-electron chi connectivity index (χ0n) is 9.31. The highest BCUT2D eigenvalue weighted by Gasteiger charge is 2.18. The average Bonchev–Trinajstić information content (AvgIpc) is 2.79. The average molecular weight is 293 g/mol. The molecule has 2 aromatic rings. The molecule has 88 valence electrons. The highest BCUT2D eigenvalue weighted by Crippen LogP contribution is 2.14. The third-order valence-electron chi connectivity index (χ3n) is 3.06. The summed E-state index contributed by atoms with van der Waals surface area (Å²) in [6.45, 7) is 1.75. The summed E-state index contributed by atoms with van der Waals surface area (Å²) in [6, 6.07) is 8.91. The van der Waals surface area contributed by atoms with Gasteiger partial charge in [0, 0.05) is 17.1 Å². The van der Waals surface area contributed by atoms with E-state index in [1.165, 1.54) is 5.56 Å². The predicted molar refractivity (Wildman–Crippen MR) is 68.5 cm³/mol. The van der Waals surface area contributed by atoms with Crippen LogP contribution < -0.4 is 5.32 Å². The first-order valence-corrected chi connectivity index (χ1v) is 6.46. The molecule has 1 N–H and O–H groups in total. The number of nitrogens with zero attached hydrogens (tertiary/aromatic N) is 3. The normalized spacial score (nSPS) is 19.0. The largest absolute Gasteiger partial charge is 0.306 e. The van der Waals surface area contributed by atoms with Crippen molar-refractivity contribution in [1.29, 1.82) is 0 Å². The maximum atomic E-state index is 4.08. The van der Waals surface area contributed by atoms with Crippen molar-refractivity contribution in [3.8, 4) is 0 Å². The second-order valence-corrected chi connectivity index (χ2v) is 5.23. The molecule has 1 unspecified atom stereocenters. The molecule has 17 heavy (non-hydrogen) atoms. The summed E-state index contributed by atoms with van der Waals surface area (Å²) in [4.78, 5) is 0. The second kappa shape index (κ2) is 4.58. The van der Waals surface area contributed by atoms with Crippen molar-refractivity contribution < 1.29 is 0 Å². The van der Waals surface area contributed by atoms with Gasteiger partial charge in [0.05, 0.1) is 18.4 Å². The van der Waals surface area contributed by atoms with E-state index in [2.05, 4.69) is 55.8 Å². The maximum Gasteiger partial charge on any atom is 0.0738 e. The minimum absolute atomic E-state index is 0.436. The fourth-order valence-corrected chi connectivity index (χ4v) is 2.40. The van der Waals surface area contributed by atoms with Crippen LogP contribution >= 0.6 is 15.9 Å². The Morgan fingerprint density at radius 1 is 1.35 bits per heavy atom. The molecule has 1 atom stereocenters. The Bertz CT molecular complexity index is 505. The van der Waals surface area contributed by atoms with Gasteiger partial charge in [-0.25, -0.2) is 4.68 Å². The lowest BCUT2D eigenvalue weighted by Crippen LogP contribution is -2.40. The third kappa shape index (κ3) is 2.40. The van der Waals surface area contributed by atoms with E-state index in [4.69, 9.17) is 0 Å². The Kier molecular flexibility index (Phi) is 2.94. The van der Waals surface area contributed by atoms with Gasteiger partial charge < -0.3 is 5.32 Å². The van der Waals surface area contributed by atoms with Gasteiger partial charge in [-0.3, -0.25) is 0 Å². The number of benzene rings is 1. The number of aromatic nitrogens is 3. The van der Waals surface area contributed by atoms with Gasteiger partial charge in [0.25, 0.3) is 0 Å². The van der Waals surface area contributed by atoms with Gasteiger partial charge in [0.2, 0.25) is 0 Å². The molecule has 0 bridgehead atoms. The lowest BCUT2D eigenvalue weighted by Gasteiger charge is -2.24. The molecule has 4 nitrogen and oxygen atoms in total. The number of hydrogen-bond donors (Lipinski definition) is 1. The quantitative estimate of drug-likeness (QED) is 0.917. The van der Waals surface area contributed by atoms with Crippen LogP contribution in [0.4, 0.5) is 0 Å². The van der Waals surface area contributed by atoms with E-state index in [0.29, 0.717) is 6.04 Å². The minimum Gasteiger partial charge on any atom is -0.306 e. The lowest BCUT2D eigenvalue weighted by atomic mass is 10.0. The van der Waals surface area contributed by atoms with Crippen molar-refractivity contribution in [2.24, 2.45) is 0 Å². The van der Waals surface area contributed by atoms with Gasteiger partial charge in [-0.15, -0.1) is 5.10 Å². The predicted octanol–water partition coefficient (Wildman–Crippen LogP) is 1.76. The van der Waals surface area contributed by atoms with E-state index in [9.17, 15) is 0 Å². The summed E-state index contributed by atoms with van der Waals surface area (Å²) in [5, 5.41) is 11.5. The molecule has 2 heterocycles. The summed E-state index contributed by atoms with van der Waals surface area (Å²) in [5.74, 6) is 0. The van der Waals surface area contributed by atoms with E-state index < -0.39 is 0 Å². The zero-order valence-corrected chi connectivity index (χ0v) is 10.9. The zero-order chi connectivity index (χ0) is 11.7. The second-order valence-electron chi connectivity index (χ2n) is 4.32. The first-order chi connectivity index (χ1) is 8.31. The summed E-state index contributed by atoms with van der Waals surface area (Å²) in [7, 11) is 0. The maximum absolute atomic E-state index is 4.08. The SMILES string of the molecule is Brc1ccc(CC2Cn3nncc3CN2)cc1. The van der Waals surface area contributed by atoms with Crippen LogP contribution in [-0.4, -0.2) is 21.0 Å². The van der Waals surface area contributed by atoms with Crippen molar-refractivity contribution in [2.75, 3.05) is 0 Å². The topological polar surface area (TPSA) is 42.7 Å². The summed E-state index contributed by atoms with van der Waals surface area (Å²) in [5.41, 5.74) is 2.51. The molecule has 0 saturated heterocycles. The lowest BCUT2D eigenvalue weighted by molar-refractivity contribution is 0.362. The summed E-state index contributed by atoms with van der Waals surface area (Å²) >= 11 is 3.45. The summed E-state index contributed by atoms with van der Waals surface area (Å²) < 4.78 is 3.11. The molecule has 0 saturated carbocycles. The van der Waals surface area contributed by atoms with Crippen LogP contribution in [0.5, 0.6) is 0 Å². The van der Waals surface area contributed by atoms with Crippen LogP contribution in [0.2, 0.25) is 0 Å². The number of nitrogens with one attached hydrogen (secondary N) is 1. The molecule has 1 aromatic heterocycles. The van der Waals surface area contributed by atoms with Crippen LogP contribution in [0.25, 0.3) is 0 Å². The van der Waals surface area contributed by atoms with Gasteiger partial charge in [-0.1, -0.05) is 33.3 Å². The van der Waals surface area contributed by atoms with Crippen molar-refractivity contribution in [3.63, 3.8) is 0 Å². The molecule has 0 spiro atoms. The molecule has 3 rings (SSSR count). The van der Waals surface area contributed by atoms with Gasteiger partial charge in [0.1, 0.15) is 0 Å². The van der Waals surface area contributed by atoms with Crippen molar-refractivity contribution in [3.05, 3.63) is 46.2 Å². The van der Waals surface area contributed by atoms with E-state index in [1.54, 1.807) is 0 Å². The molecule has 5 heteroatoms. The number of rotatable bonds is 2. The van der Waals surface area contributed by atoms with Crippen LogP contribution in [0.1, 0.15) is 11.3 Å². The van der Waals surface area contributed by atoms with E-state index >= 15 is 0 Å². The van der Waals surface area contributed by atoms with E-state index in [-0.39, 0.29) is 0 Å². The van der Waals surface area contributed by atoms with Crippen molar-refractivity contribution in [1.82, 2.24) is 20.3 Å². The first-order valence-electron chi connectivity index (χ1n) is 5.66. The Balaban J connectivity index is 1.69. The monoisotopic (exact) mass is 292 g/mol. The molecule has 1 aliphatic heterocycles. The Hall–Kier alpha value is -1.20. The standard InChI is InChI=1S/C12H13BrN4/c13-10-3-1-9(2-4-10)5-11-8-17-12(6-14-11)7-15-16-17/h1-4,7,11,14H,5-6,8H2. The molecular weight excluding hydrogens is 280 g/mol. The minimum atomic E-state index is 0.436. The first kappa shape index (κ1) is 10.9. The van der Waals surface area contributed by atoms with Gasteiger partial charge in [0.15, 0.2) is 0 Å². The smallest absolute Gasteiger partial charge is 0.0738 e. The molecule has 0 fully saturated rings. The molecular formula is C12H13BrN4. The Morgan fingerprint density at radius 3 is 3.00 bits per heavy atom. The van der Waals surface area contributed by atoms with Crippen LogP contribution in [0.15, 0.2) is 34.9 Å². The molecule has 0 radical (unpaired) electrons. The van der Waals surface area contributed by atoms with Crippen LogP contribution in [0.3, 0.4) is 0 Å². The summed E-state index contributed by atoms with van der Waals surface area (Å²) in [6.07, 6.45) is 2.84. The molecule has 1 aromatic carbocycles. The van der Waals surface area contributed by atoms with Gasteiger partial charge in [-0.2, -0.15) is 0 Å². The van der Waals surface area contributed by atoms with E-state index in [0.717, 1.165) is 29.7 Å². The van der Waals surface area contributed by atoms with Gasteiger partial charge >= 0.3 is 0 Å². The fraction of sp³-hybridized carbons (Fsp3) is 0.333. The molecule has 0 aliphatic carbocycles. The highest BCUT2D eigenvalue weighted by atomic mass is 79.9.